The lowest BCUT2D eigenvalue weighted by molar-refractivity contribution is 0.125. The summed E-state index contributed by atoms with van der Waals surface area (Å²) in [4.78, 5) is 1.86. The number of rotatable bonds is 3. The molecule has 2 atom stereocenters. The van der Waals surface area contributed by atoms with E-state index in [0.29, 0.717) is 24.9 Å². The number of nitrogens with zero attached hydrogens (tertiary/aromatic N) is 1. The van der Waals surface area contributed by atoms with Gasteiger partial charge in [-0.2, -0.15) is 0 Å². The topological polar surface area (TPSA) is 35.5 Å². The van der Waals surface area contributed by atoms with Crippen LogP contribution in [0, 0.1) is 11.6 Å². The highest BCUT2D eigenvalue weighted by atomic mass is 19.1. The third-order valence-corrected chi connectivity index (χ3v) is 4.42. The summed E-state index contributed by atoms with van der Waals surface area (Å²) in [7, 11) is 1.75. The van der Waals surface area contributed by atoms with Gasteiger partial charge in [-0.25, -0.2) is 8.78 Å². The average Bonchev–Trinajstić information content (AvgIpc) is 2.63. The van der Waals surface area contributed by atoms with E-state index in [9.17, 15) is 13.9 Å². The fourth-order valence-corrected chi connectivity index (χ4v) is 3.68. The van der Waals surface area contributed by atoms with Crippen molar-refractivity contribution in [2.75, 3.05) is 11.9 Å². The molecule has 2 bridgehead atoms. The van der Waals surface area contributed by atoms with E-state index in [1.165, 1.54) is 12.1 Å². The van der Waals surface area contributed by atoms with Gasteiger partial charge >= 0.3 is 0 Å². The number of hydrogen-bond donors (Lipinski definition) is 2. The van der Waals surface area contributed by atoms with Crippen molar-refractivity contribution in [1.29, 1.82) is 0 Å². The van der Waals surface area contributed by atoms with Crippen LogP contribution < -0.4 is 10.2 Å². The minimum Gasteiger partial charge on any atom is -0.393 e. The molecule has 2 fully saturated rings. The van der Waals surface area contributed by atoms with Crippen molar-refractivity contribution in [3.63, 3.8) is 0 Å². The summed E-state index contributed by atoms with van der Waals surface area (Å²) in [6, 6.07) is 2.92. The van der Waals surface area contributed by atoms with Gasteiger partial charge in [0.2, 0.25) is 0 Å². The van der Waals surface area contributed by atoms with Gasteiger partial charge in [-0.15, -0.1) is 0 Å². The summed E-state index contributed by atoms with van der Waals surface area (Å²) in [5, 5.41) is 12.7. The number of aliphatic hydroxyl groups is 1. The fourth-order valence-electron chi connectivity index (χ4n) is 3.68. The van der Waals surface area contributed by atoms with Crippen LogP contribution in [0.1, 0.15) is 31.2 Å². The van der Waals surface area contributed by atoms with E-state index >= 15 is 0 Å². The van der Waals surface area contributed by atoms with Crippen molar-refractivity contribution >= 4 is 5.69 Å². The molecule has 2 N–H and O–H groups in total. The molecular formula is C15H20F2N2O. The zero-order chi connectivity index (χ0) is 14.3. The molecule has 0 spiro atoms. The minimum absolute atomic E-state index is 0.0582. The summed E-state index contributed by atoms with van der Waals surface area (Å²) in [6.07, 6.45) is 2.68. The normalized spacial score (nSPS) is 29.0. The molecule has 0 aliphatic carbocycles. The van der Waals surface area contributed by atoms with Gasteiger partial charge in [-0.05, 0) is 50.4 Å². The number of nitrogens with one attached hydrogen (secondary N) is 1. The van der Waals surface area contributed by atoms with Gasteiger partial charge in [0.15, 0.2) is 0 Å². The summed E-state index contributed by atoms with van der Waals surface area (Å²) < 4.78 is 28.6. The van der Waals surface area contributed by atoms with E-state index < -0.39 is 11.6 Å². The van der Waals surface area contributed by atoms with Crippen LogP contribution in [-0.2, 0) is 6.54 Å². The predicted octanol–water partition coefficient (Wildman–Crippen LogP) is 2.18. The molecule has 1 aromatic carbocycles. The second-order valence-corrected chi connectivity index (χ2v) is 5.86. The molecule has 0 saturated carbocycles. The Balaban J connectivity index is 1.95. The fraction of sp³-hybridized carbons (Fsp3) is 0.600. The van der Waals surface area contributed by atoms with E-state index in [1.54, 1.807) is 7.05 Å². The monoisotopic (exact) mass is 282 g/mol. The van der Waals surface area contributed by atoms with Crippen molar-refractivity contribution in [3.8, 4) is 0 Å². The highest BCUT2D eigenvalue weighted by molar-refractivity contribution is 5.54. The van der Waals surface area contributed by atoms with Crippen molar-refractivity contribution in [1.82, 2.24) is 5.32 Å². The first kappa shape index (κ1) is 13.8. The summed E-state index contributed by atoms with van der Waals surface area (Å²) in [6.45, 7) is 0.444. The Morgan fingerprint density at radius 1 is 1.20 bits per heavy atom. The molecule has 2 aliphatic heterocycles. The Morgan fingerprint density at radius 2 is 1.75 bits per heavy atom. The summed E-state index contributed by atoms with van der Waals surface area (Å²) >= 11 is 0. The lowest BCUT2D eigenvalue weighted by Crippen LogP contribution is -2.45. The number of hydrogen-bond acceptors (Lipinski definition) is 3. The van der Waals surface area contributed by atoms with Crippen LogP contribution in [0.4, 0.5) is 14.5 Å². The van der Waals surface area contributed by atoms with Gasteiger partial charge in [0.05, 0.1) is 6.10 Å². The lowest BCUT2D eigenvalue weighted by atomic mass is 9.98. The largest absolute Gasteiger partial charge is 0.393 e. The Morgan fingerprint density at radius 3 is 2.25 bits per heavy atom. The van der Waals surface area contributed by atoms with Gasteiger partial charge in [0.1, 0.15) is 17.3 Å². The maximum absolute atomic E-state index is 14.3. The first-order valence-corrected chi connectivity index (χ1v) is 7.19. The second-order valence-electron chi connectivity index (χ2n) is 5.86. The smallest absolute Gasteiger partial charge is 0.149 e. The highest BCUT2D eigenvalue weighted by Crippen LogP contribution is 2.41. The molecule has 5 heteroatoms. The zero-order valence-corrected chi connectivity index (χ0v) is 11.6. The van der Waals surface area contributed by atoms with Crippen LogP contribution >= 0.6 is 0 Å². The van der Waals surface area contributed by atoms with Gasteiger partial charge in [0, 0.05) is 18.6 Å². The van der Waals surface area contributed by atoms with Crippen molar-refractivity contribution in [2.45, 2.75) is 50.4 Å². The van der Waals surface area contributed by atoms with Crippen LogP contribution in [0.25, 0.3) is 0 Å². The van der Waals surface area contributed by atoms with Crippen LogP contribution in [0.5, 0.6) is 0 Å². The summed E-state index contributed by atoms with van der Waals surface area (Å²) in [5.74, 6) is -0.993. The van der Waals surface area contributed by atoms with Gasteiger partial charge in [-0.3, -0.25) is 0 Å². The van der Waals surface area contributed by atoms with Gasteiger partial charge < -0.3 is 15.3 Å². The molecule has 110 valence electrons. The second kappa shape index (κ2) is 5.30. The number of aliphatic hydroxyl groups excluding tert-OH is 1. The third kappa shape index (κ3) is 2.29. The number of benzene rings is 1. The number of halogens is 2. The SMILES string of the molecule is CNCc1cc(F)c(N2C3CCC2CC(O)C3)c(F)c1. The minimum atomic E-state index is -0.497. The van der Waals surface area contributed by atoms with E-state index in [0.717, 1.165) is 12.8 Å². The van der Waals surface area contributed by atoms with Gasteiger partial charge in [0.25, 0.3) is 0 Å². The lowest BCUT2D eigenvalue weighted by Gasteiger charge is -2.39. The Kier molecular flexibility index (Phi) is 3.65. The standard InChI is InChI=1S/C15H20F2N2O/c1-18-8-9-4-13(16)15(14(17)5-9)19-10-2-3-11(19)7-12(20)6-10/h4-5,10-12,18,20H,2-3,6-8H2,1H3. The number of piperidine rings is 1. The molecule has 2 aliphatic rings. The Hall–Kier alpha value is -1.20. The third-order valence-electron chi connectivity index (χ3n) is 4.42. The number of anilines is 1. The highest BCUT2D eigenvalue weighted by Gasteiger charge is 2.42. The van der Waals surface area contributed by atoms with Crippen LogP contribution in [0.15, 0.2) is 12.1 Å². The van der Waals surface area contributed by atoms with Crippen LogP contribution in [0.3, 0.4) is 0 Å². The quantitative estimate of drug-likeness (QED) is 0.892. The average molecular weight is 282 g/mol. The van der Waals surface area contributed by atoms with Crippen LogP contribution in [-0.4, -0.2) is 30.3 Å². The molecule has 2 unspecified atom stereocenters. The van der Waals surface area contributed by atoms with E-state index in [4.69, 9.17) is 0 Å². The van der Waals surface area contributed by atoms with Gasteiger partial charge in [-0.1, -0.05) is 0 Å². The molecular weight excluding hydrogens is 262 g/mol. The molecule has 0 radical (unpaired) electrons. The molecule has 3 rings (SSSR count). The van der Waals surface area contributed by atoms with Crippen molar-refractivity contribution < 1.29 is 13.9 Å². The summed E-state index contributed by atoms with van der Waals surface area (Å²) in [5.41, 5.74) is 0.694. The molecule has 0 aromatic heterocycles. The molecule has 2 saturated heterocycles. The first-order chi connectivity index (χ1) is 9.60. The Bertz CT molecular complexity index is 472. The van der Waals surface area contributed by atoms with E-state index in [1.807, 2.05) is 4.90 Å². The number of fused-ring (bicyclic) bond motifs is 2. The molecule has 2 heterocycles. The molecule has 3 nitrogen and oxygen atoms in total. The van der Waals surface area contributed by atoms with Crippen LogP contribution in [0.2, 0.25) is 0 Å². The molecule has 0 amide bonds. The maximum Gasteiger partial charge on any atom is 0.149 e. The molecule has 1 aromatic rings. The van der Waals surface area contributed by atoms with Crippen molar-refractivity contribution in [3.05, 3.63) is 29.3 Å². The Labute approximate surface area is 117 Å². The first-order valence-electron chi connectivity index (χ1n) is 7.19. The zero-order valence-electron chi connectivity index (χ0n) is 11.6. The molecule has 20 heavy (non-hydrogen) atoms. The maximum atomic E-state index is 14.3. The van der Waals surface area contributed by atoms with E-state index in [-0.39, 0.29) is 23.9 Å². The van der Waals surface area contributed by atoms with E-state index in [2.05, 4.69) is 5.32 Å². The predicted molar refractivity (Wildman–Crippen MR) is 73.7 cm³/mol. The van der Waals surface area contributed by atoms with Crippen molar-refractivity contribution in [2.24, 2.45) is 0 Å².